The molecule has 2 N–H and O–H groups in total. The summed E-state index contributed by atoms with van der Waals surface area (Å²) in [4.78, 5) is 24.7. The highest BCUT2D eigenvalue weighted by Gasteiger charge is 2.37. The Hall–Kier alpha value is -3.96. The van der Waals surface area contributed by atoms with Crippen LogP contribution in [0.25, 0.3) is 10.8 Å². The topological polar surface area (TPSA) is 75.6 Å². The molecule has 0 atom stereocenters. The SMILES string of the molecule is O=C(O)CC(OCCNC(=O)c1cccc2ccccc12)(c1ccccc1)c1ccccc1. The van der Waals surface area contributed by atoms with E-state index in [9.17, 15) is 14.7 Å². The highest BCUT2D eigenvalue weighted by atomic mass is 16.5. The normalized spacial score (nSPS) is 11.3. The van der Waals surface area contributed by atoms with Crippen molar-refractivity contribution in [2.45, 2.75) is 12.0 Å². The van der Waals surface area contributed by atoms with E-state index in [0.717, 1.165) is 21.9 Å². The fraction of sp³-hybridized carbons (Fsp3) is 0.143. The van der Waals surface area contributed by atoms with Crippen LogP contribution in [0.2, 0.25) is 0 Å². The van der Waals surface area contributed by atoms with Gasteiger partial charge >= 0.3 is 5.97 Å². The van der Waals surface area contributed by atoms with E-state index in [1.807, 2.05) is 97.1 Å². The Balaban J connectivity index is 1.54. The molecule has 33 heavy (non-hydrogen) atoms. The molecular weight excluding hydrogens is 414 g/mol. The Morgan fingerprint density at radius 2 is 1.33 bits per heavy atom. The molecule has 4 aromatic rings. The average Bonchev–Trinajstić information content (AvgIpc) is 2.86. The molecular formula is C28H25NO4. The minimum atomic E-state index is -1.17. The van der Waals surface area contributed by atoms with Gasteiger partial charge in [0.2, 0.25) is 0 Å². The monoisotopic (exact) mass is 439 g/mol. The summed E-state index contributed by atoms with van der Waals surface area (Å²) in [5, 5.41) is 14.5. The summed E-state index contributed by atoms with van der Waals surface area (Å²) in [6.07, 6.45) is -0.238. The second-order valence-electron chi connectivity index (χ2n) is 7.76. The molecule has 1 amide bonds. The third-order valence-corrected chi connectivity index (χ3v) is 5.65. The van der Waals surface area contributed by atoms with Gasteiger partial charge in [-0.05, 0) is 28.0 Å². The number of hydrogen-bond acceptors (Lipinski definition) is 3. The molecule has 0 aliphatic carbocycles. The van der Waals surface area contributed by atoms with Gasteiger partial charge in [-0.15, -0.1) is 0 Å². The van der Waals surface area contributed by atoms with Gasteiger partial charge in [-0.3, -0.25) is 9.59 Å². The minimum absolute atomic E-state index is 0.146. The number of carbonyl (C=O) groups is 2. The smallest absolute Gasteiger partial charge is 0.307 e. The summed E-state index contributed by atoms with van der Waals surface area (Å²) in [5.74, 6) is -1.17. The van der Waals surface area contributed by atoms with Crippen LogP contribution in [0, 0.1) is 0 Å². The van der Waals surface area contributed by atoms with Crippen molar-refractivity contribution in [2.75, 3.05) is 13.2 Å². The Kier molecular flexibility index (Phi) is 6.81. The van der Waals surface area contributed by atoms with Crippen molar-refractivity contribution in [3.63, 3.8) is 0 Å². The zero-order chi connectivity index (χ0) is 23.1. The van der Waals surface area contributed by atoms with E-state index in [-0.39, 0.29) is 25.5 Å². The van der Waals surface area contributed by atoms with Crippen LogP contribution in [-0.2, 0) is 15.1 Å². The fourth-order valence-electron chi connectivity index (χ4n) is 4.12. The van der Waals surface area contributed by atoms with Gasteiger partial charge in [0, 0.05) is 12.1 Å². The number of carbonyl (C=O) groups excluding carboxylic acids is 1. The van der Waals surface area contributed by atoms with Crippen LogP contribution in [0.1, 0.15) is 27.9 Å². The molecule has 0 bridgehead atoms. The first-order valence-electron chi connectivity index (χ1n) is 10.8. The zero-order valence-electron chi connectivity index (χ0n) is 18.1. The first-order chi connectivity index (χ1) is 16.1. The lowest BCUT2D eigenvalue weighted by molar-refractivity contribution is -0.144. The highest BCUT2D eigenvalue weighted by Crippen LogP contribution is 2.37. The molecule has 0 unspecified atom stereocenters. The Morgan fingerprint density at radius 3 is 1.97 bits per heavy atom. The molecule has 5 heteroatoms. The van der Waals surface area contributed by atoms with Crippen LogP contribution < -0.4 is 5.32 Å². The Morgan fingerprint density at radius 1 is 0.758 bits per heavy atom. The molecule has 0 aromatic heterocycles. The fourth-order valence-corrected chi connectivity index (χ4v) is 4.12. The van der Waals surface area contributed by atoms with Gasteiger partial charge < -0.3 is 15.2 Å². The number of rotatable bonds is 9. The van der Waals surface area contributed by atoms with Gasteiger partial charge in [-0.25, -0.2) is 0 Å². The van der Waals surface area contributed by atoms with Crippen LogP contribution in [-0.4, -0.2) is 30.1 Å². The second kappa shape index (κ2) is 10.1. The van der Waals surface area contributed by atoms with Crippen LogP contribution in [0.4, 0.5) is 0 Å². The average molecular weight is 440 g/mol. The lowest BCUT2D eigenvalue weighted by atomic mass is 9.83. The largest absolute Gasteiger partial charge is 0.481 e. The highest BCUT2D eigenvalue weighted by molar-refractivity contribution is 6.06. The van der Waals surface area contributed by atoms with Gasteiger partial charge in [-0.1, -0.05) is 97.1 Å². The number of nitrogens with one attached hydrogen (secondary N) is 1. The standard InChI is InChI=1S/C28H25NO4/c30-26(31)20-28(22-12-3-1-4-13-22,23-14-5-2-6-15-23)33-19-18-29-27(32)25-17-9-11-21-10-7-8-16-24(21)25/h1-17H,18-20H2,(H,29,32)(H,30,31). The first kappa shape index (κ1) is 22.2. The van der Waals surface area contributed by atoms with E-state index in [4.69, 9.17) is 4.74 Å². The van der Waals surface area contributed by atoms with Gasteiger partial charge in [0.25, 0.3) is 5.91 Å². The van der Waals surface area contributed by atoms with E-state index in [1.54, 1.807) is 6.07 Å². The van der Waals surface area contributed by atoms with Gasteiger partial charge in [-0.2, -0.15) is 0 Å². The van der Waals surface area contributed by atoms with Crippen molar-refractivity contribution in [3.05, 3.63) is 120 Å². The molecule has 4 rings (SSSR count). The molecule has 0 aliphatic heterocycles. The van der Waals surface area contributed by atoms with Crippen LogP contribution in [0.15, 0.2) is 103 Å². The number of amides is 1. The Labute approximate surface area is 192 Å². The third kappa shape index (κ3) is 4.94. The Bertz CT molecular complexity index is 1190. The van der Waals surface area contributed by atoms with Crippen molar-refractivity contribution < 1.29 is 19.4 Å². The molecule has 0 spiro atoms. The third-order valence-electron chi connectivity index (χ3n) is 5.65. The molecule has 0 heterocycles. The van der Waals surface area contributed by atoms with Crippen LogP contribution in [0.3, 0.4) is 0 Å². The molecule has 0 fully saturated rings. The van der Waals surface area contributed by atoms with E-state index < -0.39 is 11.6 Å². The van der Waals surface area contributed by atoms with E-state index >= 15 is 0 Å². The van der Waals surface area contributed by atoms with Crippen molar-refractivity contribution in [3.8, 4) is 0 Å². The summed E-state index contributed by atoms with van der Waals surface area (Å²) < 4.78 is 6.29. The number of aliphatic carboxylic acids is 1. The predicted molar refractivity (Wildman–Crippen MR) is 128 cm³/mol. The van der Waals surface area contributed by atoms with Crippen molar-refractivity contribution >= 4 is 22.6 Å². The summed E-state index contributed by atoms with van der Waals surface area (Å²) in [6.45, 7) is 0.386. The molecule has 0 saturated heterocycles. The van der Waals surface area contributed by atoms with Crippen molar-refractivity contribution in [1.29, 1.82) is 0 Å². The molecule has 0 radical (unpaired) electrons. The van der Waals surface area contributed by atoms with Gasteiger partial charge in [0.15, 0.2) is 0 Å². The maximum absolute atomic E-state index is 12.8. The van der Waals surface area contributed by atoms with Gasteiger partial charge in [0.05, 0.1) is 13.0 Å². The van der Waals surface area contributed by atoms with E-state index in [1.165, 1.54) is 0 Å². The lowest BCUT2D eigenvalue weighted by Crippen LogP contribution is -2.37. The van der Waals surface area contributed by atoms with Crippen molar-refractivity contribution in [2.24, 2.45) is 0 Å². The van der Waals surface area contributed by atoms with Crippen LogP contribution in [0.5, 0.6) is 0 Å². The minimum Gasteiger partial charge on any atom is -0.481 e. The predicted octanol–water partition coefficient (Wildman–Crippen LogP) is 5.00. The molecule has 0 saturated carbocycles. The summed E-state index contributed by atoms with van der Waals surface area (Å²) >= 11 is 0. The van der Waals surface area contributed by atoms with Crippen LogP contribution >= 0.6 is 0 Å². The summed E-state index contributed by atoms with van der Waals surface area (Å²) in [7, 11) is 0. The van der Waals surface area contributed by atoms with E-state index in [2.05, 4.69) is 5.32 Å². The van der Waals surface area contributed by atoms with Gasteiger partial charge in [0.1, 0.15) is 5.60 Å². The first-order valence-corrected chi connectivity index (χ1v) is 10.8. The summed E-state index contributed by atoms with van der Waals surface area (Å²) in [5.41, 5.74) is 0.924. The molecule has 4 aromatic carbocycles. The molecule has 5 nitrogen and oxygen atoms in total. The number of fused-ring (bicyclic) bond motifs is 1. The molecule has 166 valence electrons. The maximum Gasteiger partial charge on any atom is 0.307 e. The maximum atomic E-state index is 12.8. The zero-order valence-corrected chi connectivity index (χ0v) is 18.1. The number of carboxylic acids is 1. The quantitative estimate of drug-likeness (QED) is 0.360. The second-order valence-corrected chi connectivity index (χ2v) is 7.76. The number of benzene rings is 4. The lowest BCUT2D eigenvalue weighted by Gasteiger charge is -2.34. The number of carboxylic acid groups (broad SMARTS) is 1. The number of ether oxygens (including phenoxy) is 1. The number of hydrogen-bond donors (Lipinski definition) is 2. The van der Waals surface area contributed by atoms with Crippen molar-refractivity contribution in [1.82, 2.24) is 5.32 Å². The molecule has 0 aliphatic rings. The summed E-state index contributed by atoms with van der Waals surface area (Å²) in [6, 6.07) is 32.0. The van der Waals surface area contributed by atoms with E-state index in [0.29, 0.717) is 5.56 Å².